The Hall–Kier alpha value is -6.66. The number of pyridine rings is 1. The van der Waals surface area contributed by atoms with Crippen molar-refractivity contribution in [2.75, 3.05) is 0 Å². The van der Waals surface area contributed by atoms with Gasteiger partial charge in [-0.1, -0.05) is 97.1 Å². The van der Waals surface area contributed by atoms with Gasteiger partial charge >= 0.3 is 0 Å². The van der Waals surface area contributed by atoms with Crippen molar-refractivity contribution < 1.29 is 8.83 Å². The second kappa shape index (κ2) is 10.4. The quantitative estimate of drug-likeness (QED) is 0.196. The summed E-state index contributed by atoms with van der Waals surface area (Å²) in [5.41, 5.74) is 7.75. The molecule has 0 N–H and O–H groups in total. The summed E-state index contributed by atoms with van der Waals surface area (Å²) in [7, 11) is 0. The number of hydrogen-bond donors (Lipinski definition) is 0. The van der Waals surface area contributed by atoms with Gasteiger partial charge < -0.3 is 8.83 Å². The minimum atomic E-state index is 0.552. The number of fused-ring (bicyclic) bond motifs is 7. The summed E-state index contributed by atoms with van der Waals surface area (Å²) in [5.74, 6) is 1.70. The standard InChI is InChI=1S/C42H24N4O2/c1-2-10-26(11-3-1)40-44-41(32-14-8-16-35-38(32)30-13-6-7-15-34(30)47-35)46-42(45-40)33-22-29(28-18-17-25-9-4-5-12-27(25)21-28)23-36-39(33)31-19-20-43-24-37(31)48-36/h1-24H. The van der Waals surface area contributed by atoms with Gasteiger partial charge in [-0.3, -0.25) is 4.98 Å². The molecule has 4 heterocycles. The van der Waals surface area contributed by atoms with E-state index >= 15 is 0 Å². The highest BCUT2D eigenvalue weighted by atomic mass is 16.3. The van der Waals surface area contributed by atoms with Crippen LogP contribution in [0.3, 0.4) is 0 Å². The van der Waals surface area contributed by atoms with Crippen molar-refractivity contribution in [2.24, 2.45) is 0 Å². The van der Waals surface area contributed by atoms with Crippen LogP contribution in [0, 0.1) is 0 Å². The van der Waals surface area contributed by atoms with Crippen molar-refractivity contribution in [1.29, 1.82) is 0 Å². The Labute approximate surface area is 274 Å². The van der Waals surface area contributed by atoms with E-state index in [0.717, 1.165) is 66.1 Å². The van der Waals surface area contributed by atoms with Crippen molar-refractivity contribution in [3.05, 3.63) is 146 Å². The topological polar surface area (TPSA) is 77.8 Å². The molecule has 0 saturated carbocycles. The monoisotopic (exact) mass is 616 g/mol. The van der Waals surface area contributed by atoms with Crippen molar-refractivity contribution in [3.8, 4) is 45.3 Å². The molecule has 10 rings (SSSR count). The van der Waals surface area contributed by atoms with Crippen molar-refractivity contribution in [3.63, 3.8) is 0 Å². The van der Waals surface area contributed by atoms with E-state index in [1.165, 1.54) is 10.8 Å². The Bertz CT molecular complexity index is 2850. The Morgan fingerprint density at radius 2 is 1.10 bits per heavy atom. The zero-order valence-corrected chi connectivity index (χ0v) is 25.5. The van der Waals surface area contributed by atoms with Crippen molar-refractivity contribution in [2.45, 2.75) is 0 Å². The molecule has 0 atom stereocenters. The maximum atomic E-state index is 6.44. The molecule has 0 saturated heterocycles. The van der Waals surface area contributed by atoms with Crippen molar-refractivity contribution in [1.82, 2.24) is 19.9 Å². The van der Waals surface area contributed by atoms with Gasteiger partial charge in [0.15, 0.2) is 23.1 Å². The van der Waals surface area contributed by atoms with Crippen LogP contribution >= 0.6 is 0 Å². The van der Waals surface area contributed by atoms with E-state index in [-0.39, 0.29) is 0 Å². The van der Waals surface area contributed by atoms with E-state index < -0.39 is 0 Å². The van der Waals surface area contributed by atoms with Gasteiger partial charge in [0, 0.05) is 44.4 Å². The third-order valence-electron chi connectivity index (χ3n) is 9.01. The maximum absolute atomic E-state index is 6.44. The van der Waals surface area contributed by atoms with Crippen LogP contribution in [-0.2, 0) is 0 Å². The molecule has 0 spiro atoms. The van der Waals surface area contributed by atoms with E-state index in [1.54, 1.807) is 12.4 Å². The molecular formula is C42H24N4O2. The fourth-order valence-electron chi connectivity index (χ4n) is 6.77. The molecule has 0 radical (unpaired) electrons. The number of para-hydroxylation sites is 1. The lowest BCUT2D eigenvalue weighted by Crippen LogP contribution is -2.01. The zero-order valence-electron chi connectivity index (χ0n) is 25.5. The first-order valence-electron chi connectivity index (χ1n) is 15.8. The predicted octanol–water partition coefficient (Wildman–Crippen LogP) is 10.9. The first-order chi connectivity index (χ1) is 23.8. The van der Waals surface area contributed by atoms with E-state index in [9.17, 15) is 0 Å². The summed E-state index contributed by atoms with van der Waals surface area (Å²) in [4.78, 5) is 19.8. The summed E-state index contributed by atoms with van der Waals surface area (Å²) < 4.78 is 12.7. The third-order valence-corrected chi connectivity index (χ3v) is 9.01. The summed E-state index contributed by atoms with van der Waals surface area (Å²) in [5, 5.41) is 6.22. The van der Waals surface area contributed by atoms with Gasteiger partial charge in [0.05, 0.1) is 6.20 Å². The molecule has 0 fully saturated rings. The van der Waals surface area contributed by atoms with Gasteiger partial charge in [-0.15, -0.1) is 0 Å². The van der Waals surface area contributed by atoms with Crippen LogP contribution < -0.4 is 0 Å². The summed E-state index contributed by atoms with van der Waals surface area (Å²) >= 11 is 0. The SMILES string of the molecule is c1ccc(-c2nc(-c3cccc4oc5ccccc5c34)nc(-c3cc(-c4ccc5ccccc5c4)cc4oc5cnccc5c34)n2)cc1. The summed E-state index contributed by atoms with van der Waals surface area (Å²) in [6.45, 7) is 0. The zero-order chi connectivity index (χ0) is 31.6. The minimum absolute atomic E-state index is 0.552. The van der Waals surface area contributed by atoms with Gasteiger partial charge in [0.2, 0.25) is 0 Å². The highest BCUT2D eigenvalue weighted by molar-refractivity contribution is 6.14. The van der Waals surface area contributed by atoms with E-state index in [4.69, 9.17) is 23.8 Å². The van der Waals surface area contributed by atoms with Gasteiger partial charge in [-0.2, -0.15) is 0 Å². The molecule has 48 heavy (non-hydrogen) atoms. The second-order valence-electron chi connectivity index (χ2n) is 11.9. The predicted molar refractivity (Wildman–Crippen MR) is 191 cm³/mol. The number of furan rings is 2. The smallest absolute Gasteiger partial charge is 0.164 e. The fraction of sp³-hybridized carbons (Fsp3) is 0. The van der Waals surface area contributed by atoms with Crippen molar-refractivity contribution >= 4 is 54.6 Å². The molecule has 0 aliphatic rings. The molecule has 0 aliphatic carbocycles. The number of hydrogen-bond acceptors (Lipinski definition) is 6. The normalized spacial score (nSPS) is 11.8. The van der Waals surface area contributed by atoms with Crippen LogP contribution in [-0.4, -0.2) is 19.9 Å². The van der Waals surface area contributed by atoms with Crippen LogP contribution in [0.25, 0.3) is 99.9 Å². The molecule has 0 bridgehead atoms. The minimum Gasteiger partial charge on any atom is -0.456 e. The fourth-order valence-corrected chi connectivity index (χ4v) is 6.77. The molecule has 224 valence electrons. The van der Waals surface area contributed by atoms with Crippen LogP contribution in [0.5, 0.6) is 0 Å². The van der Waals surface area contributed by atoms with Gasteiger partial charge in [-0.25, -0.2) is 15.0 Å². The lowest BCUT2D eigenvalue weighted by molar-refractivity contribution is 0.667. The Kier molecular flexibility index (Phi) is 5.77. The average Bonchev–Trinajstić information content (AvgIpc) is 3.73. The van der Waals surface area contributed by atoms with Gasteiger partial charge in [-0.05, 0) is 58.3 Å². The van der Waals surface area contributed by atoms with E-state index in [1.807, 2.05) is 66.7 Å². The van der Waals surface area contributed by atoms with Gasteiger partial charge in [0.25, 0.3) is 0 Å². The lowest BCUT2D eigenvalue weighted by Gasteiger charge is -2.12. The summed E-state index contributed by atoms with van der Waals surface area (Å²) in [6, 6.07) is 45.3. The maximum Gasteiger partial charge on any atom is 0.164 e. The molecule has 6 nitrogen and oxygen atoms in total. The van der Waals surface area contributed by atoms with Crippen LogP contribution in [0.4, 0.5) is 0 Å². The van der Waals surface area contributed by atoms with E-state index in [2.05, 4.69) is 71.7 Å². The number of benzene rings is 6. The molecule has 0 amide bonds. The Balaban J connectivity index is 1.29. The average molecular weight is 617 g/mol. The first kappa shape index (κ1) is 26.5. The molecule has 6 heteroatoms. The first-order valence-corrected chi connectivity index (χ1v) is 15.8. The Morgan fingerprint density at radius 3 is 2.02 bits per heavy atom. The molecule has 6 aromatic carbocycles. The molecule has 4 aromatic heterocycles. The molecular weight excluding hydrogens is 592 g/mol. The molecule has 10 aromatic rings. The second-order valence-corrected chi connectivity index (χ2v) is 11.9. The van der Waals surface area contributed by atoms with Crippen LogP contribution in [0.2, 0.25) is 0 Å². The number of nitrogens with zero attached hydrogens (tertiary/aromatic N) is 4. The van der Waals surface area contributed by atoms with Crippen LogP contribution in [0.15, 0.2) is 155 Å². The highest BCUT2D eigenvalue weighted by Crippen LogP contribution is 2.41. The third kappa shape index (κ3) is 4.20. The van der Waals surface area contributed by atoms with Gasteiger partial charge in [0.1, 0.15) is 16.7 Å². The lowest BCUT2D eigenvalue weighted by atomic mass is 9.96. The Morgan fingerprint density at radius 1 is 0.396 bits per heavy atom. The molecule has 0 unspecified atom stereocenters. The van der Waals surface area contributed by atoms with E-state index in [0.29, 0.717) is 23.1 Å². The number of rotatable bonds is 4. The summed E-state index contributed by atoms with van der Waals surface area (Å²) in [6.07, 6.45) is 3.55. The number of aromatic nitrogens is 4. The van der Waals surface area contributed by atoms with Crippen LogP contribution in [0.1, 0.15) is 0 Å². The molecule has 0 aliphatic heterocycles. The highest BCUT2D eigenvalue weighted by Gasteiger charge is 2.21. The largest absolute Gasteiger partial charge is 0.456 e.